The van der Waals surface area contributed by atoms with Crippen LogP contribution in [0.1, 0.15) is 25.3 Å². The monoisotopic (exact) mass is 204 g/mol. The van der Waals surface area contributed by atoms with Crippen LogP contribution in [-0.2, 0) is 11.2 Å². The lowest BCUT2D eigenvalue weighted by molar-refractivity contribution is -0.160. The van der Waals surface area contributed by atoms with Crippen LogP contribution in [0.5, 0.6) is 5.75 Å². The highest BCUT2D eigenvalue weighted by Gasteiger charge is 2.43. The lowest BCUT2D eigenvalue weighted by Crippen LogP contribution is -2.38. The number of hydrogen-bond donors (Lipinski definition) is 0. The van der Waals surface area contributed by atoms with E-state index in [2.05, 4.69) is 19.1 Å². The van der Waals surface area contributed by atoms with Gasteiger partial charge in [0.15, 0.2) is 0 Å². The van der Waals surface area contributed by atoms with Crippen LogP contribution in [0.3, 0.4) is 0 Å². The first-order valence-corrected chi connectivity index (χ1v) is 5.68. The van der Waals surface area contributed by atoms with Crippen molar-refractivity contribution in [3.8, 4) is 5.75 Å². The van der Waals surface area contributed by atoms with Crippen LogP contribution in [-0.4, -0.2) is 12.4 Å². The first-order valence-electron chi connectivity index (χ1n) is 5.68. The maximum atomic E-state index is 6.03. The van der Waals surface area contributed by atoms with Crippen LogP contribution < -0.4 is 4.74 Å². The summed E-state index contributed by atoms with van der Waals surface area (Å²) >= 11 is 0. The molecule has 0 bridgehead atoms. The van der Waals surface area contributed by atoms with E-state index in [0.29, 0.717) is 5.92 Å². The van der Waals surface area contributed by atoms with Gasteiger partial charge in [0.05, 0.1) is 6.61 Å². The van der Waals surface area contributed by atoms with E-state index in [1.165, 1.54) is 5.56 Å². The average Bonchev–Trinajstić information content (AvgIpc) is 2.60. The molecule has 1 fully saturated rings. The highest BCUT2D eigenvalue weighted by Crippen LogP contribution is 2.41. The summed E-state index contributed by atoms with van der Waals surface area (Å²) in [6.07, 6.45) is 3.10. The fourth-order valence-electron chi connectivity index (χ4n) is 2.57. The summed E-state index contributed by atoms with van der Waals surface area (Å²) in [5.74, 6) is 1.32. The maximum absolute atomic E-state index is 6.03. The van der Waals surface area contributed by atoms with Crippen LogP contribution in [0, 0.1) is 5.92 Å². The Morgan fingerprint density at radius 2 is 2.20 bits per heavy atom. The zero-order valence-corrected chi connectivity index (χ0v) is 9.03. The topological polar surface area (TPSA) is 18.5 Å². The van der Waals surface area contributed by atoms with Crippen LogP contribution in [0.4, 0.5) is 0 Å². The molecule has 3 rings (SSSR count). The molecule has 0 aliphatic carbocycles. The molecule has 0 unspecified atom stereocenters. The van der Waals surface area contributed by atoms with Gasteiger partial charge >= 0.3 is 0 Å². The normalized spacial score (nSPS) is 33.8. The van der Waals surface area contributed by atoms with Crippen LogP contribution in [0.25, 0.3) is 0 Å². The molecule has 1 saturated heterocycles. The number of hydrogen-bond acceptors (Lipinski definition) is 2. The number of rotatable bonds is 0. The zero-order chi connectivity index (χ0) is 10.3. The summed E-state index contributed by atoms with van der Waals surface area (Å²) in [5, 5.41) is 0. The number of benzene rings is 1. The second-order valence-corrected chi connectivity index (χ2v) is 4.74. The van der Waals surface area contributed by atoms with Gasteiger partial charge in [-0.3, -0.25) is 0 Å². The fraction of sp³-hybridized carbons (Fsp3) is 0.538. The molecular weight excluding hydrogens is 188 g/mol. The maximum Gasteiger partial charge on any atom is 0.211 e. The van der Waals surface area contributed by atoms with E-state index >= 15 is 0 Å². The molecular formula is C13H16O2. The summed E-state index contributed by atoms with van der Waals surface area (Å²) in [7, 11) is 0. The first-order chi connectivity index (χ1) is 7.27. The smallest absolute Gasteiger partial charge is 0.211 e. The standard InChI is InChI=1S/C13H16O2/c1-10-8-13(14-9-10)7-6-11-4-2-3-5-12(11)15-13/h2-5,10H,6-9H2,1H3/t10-,13-/m0/s1. The molecule has 0 radical (unpaired) electrons. The van der Waals surface area contributed by atoms with E-state index in [1.54, 1.807) is 0 Å². The van der Waals surface area contributed by atoms with E-state index < -0.39 is 0 Å². The van der Waals surface area contributed by atoms with E-state index in [0.717, 1.165) is 31.6 Å². The molecule has 15 heavy (non-hydrogen) atoms. The Morgan fingerprint density at radius 3 is 3.00 bits per heavy atom. The Hall–Kier alpha value is -1.02. The van der Waals surface area contributed by atoms with Crippen LogP contribution in [0.15, 0.2) is 24.3 Å². The van der Waals surface area contributed by atoms with Gasteiger partial charge < -0.3 is 9.47 Å². The van der Waals surface area contributed by atoms with Gasteiger partial charge in [0.25, 0.3) is 0 Å². The van der Waals surface area contributed by atoms with Gasteiger partial charge in [-0.1, -0.05) is 25.1 Å². The third-order valence-corrected chi connectivity index (χ3v) is 3.33. The van der Waals surface area contributed by atoms with Crippen molar-refractivity contribution in [2.45, 2.75) is 32.0 Å². The number of fused-ring (bicyclic) bond motifs is 1. The lowest BCUT2D eigenvalue weighted by Gasteiger charge is -2.34. The summed E-state index contributed by atoms with van der Waals surface area (Å²) in [5.41, 5.74) is 1.31. The van der Waals surface area contributed by atoms with Crippen molar-refractivity contribution < 1.29 is 9.47 Å². The second-order valence-electron chi connectivity index (χ2n) is 4.74. The predicted octanol–water partition coefficient (Wildman–Crippen LogP) is 2.76. The van der Waals surface area contributed by atoms with E-state index in [9.17, 15) is 0 Å². The van der Waals surface area contributed by atoms with Crippen molar-refractivity contribution in [1.29, 1.82) is 0 Å². The van der Waals surface area contributed by atoms with Gasteiger partial charge in [0, 0.05) is 12.8 Å². The molecule has 1 spiro atoms. The van der Waals surface area contributed by atoms with Crippen molar-refractivity contribution >= 4 is 0 Å². The Balaban J connectivity index is 1.89. The molecule has 1 aromatic rings. The second kappa shape index (κ2) is 3.24. The highest BCUT2D eigenvalue weighted by molar-refractivity contribution is 5.35. The minimum Gasteiger partial charge on any atom is -0.462 e. The van der Waals surface area contributed by atoms with Gasteiger partial charge in [-0.2, -0.15) is 0 Å². The summed E-state index contributed by atoms with van der Waals surface area (Å²) < 4.78 is 11.9. The quantitative estimate of drug-likeness (QED) is 0.647. The third kappa shape index (κ3) is 1.53. The summed E-state index contributed by atoms with van der Waals surface area (Å²) in [4.78, 5) is 0. The Kier molecular flexibility index (Phi) is 1.99. The largest absolute Gasteiger partial charge is 0.462 e. The van der Waals surface area contributed by atoms with Crippen LogP contribution in [0.2, 0.25) is 0 Å². The van der Waals surface area contributed by atoms with Crippen molar-refractivity contribution in [2.75, 3.05) is 6.61 Å². The van der Waals surface area contributed by atoms with Gasteiger partial charge in [-0.05, 0) is 24.0 Å². The molecule has 2 aliphatic heterocycles. The molecule has 0 N–H and O–H groups in total. The third-order valence-electron chi connectivity index (χ3n) is 3.33. The van der Waals surface area contributed by atoms with E-state index in [-0.39, 0.29) is 5.79 Å². The molecule has 1 aromatic carbocycles. The average molecular weight is 204 g/mol. The molecule has 0 aromatic heterocycles. The molecule has 80 valence electrons. The molecule has 0 saturated carbocycles. The van der Waals surface area contributed by atoms with Crippen molar-refractivity contribution in [3.05, 3.63) is 29.8 Å². The van der Waals surface area contributed by atoms with Gasteiger partial charge in [0.1, 0.15) is 5.75 Å². The number of para-hydroxylation sites is 1. The van der Waals surface area contributed by atoms with Crippen LogP contribution >= 0.6 is 0 Å². The first kappa shape index (κ1) is 9.22. The Labute approximate surface area is 90.2 Å². The Morgan fingerprint density at radius 1 is 1.33 bits per heavy atom. The van der Waals surface area contributed by atoms with Gasteiger partial charge in [0.2, 0.25) is 5.79 Å². The van der Waals surface area contributed by atoms with Crippen molar-refractivity contribution in [2.24, 2.45) is 5.92 Å². The summed E-state index contributed by atoms with van der Waals surface area (Å²) in [6.45, 7) is 3.06. The predicted molar refractivity (Wildman–Crippen MR) is 57.9 cm³/mol. The number of ether oxygens (including phenoxy) is 2. The minimum atomic E-state index is -0.312. The molecule has 0 amide bonds. The molecule has 2 aliphatic rings. The molecule has 2 atom stereocenters. The molecule has 2 heteroatoms. The van der Waals surface area contributed by atoms with E-state index in [1.807, 2.05) is 12.1 Å². The molecule has 2 heterocycles. The lowest BCUT2D eigenvalue weighted by atomic mass is 9.95. The van der Waals surface area contributed by atoms with Gasteiger partial charge in [-0.25, -0.2) is 0 Å². The fourth-order valence-corrected chi connectivity index (χ4v) is 2.57. The summed E-state index contributed by atoms with van der Waals surface area (Å²) in [6, 6.07) is 8.28. The number of aryl methyl sites for hydroxylation is 1. The molecule has 2 nitrogen and oxygen atoms in total. The SMILES string of the molecule is C[C@@H]1CO[C@]2(CCc3ccccc3O2)C1. The van der Waals surface area contributed by atoms with E-state index in [4.69, 9.17) is 9.47 Å². The van der Waals surface area contributed by atoms with Crippen molar-refractivity contribution in [1.82, 2.24) is 0 Å². The van der Waals surface area contributed by atoms with Crippen molar-refractivity contribution in [3.63, 3.8) is 0 Å². The highest BCUT2D eigenvalue weighted by atomic mass is 16.7. The minimum absolute atomic E-state index is 0.312. The van der Waals surface area contributed by atoms with Gasteiger partial charge in [-0.15, -0.1) is 0 Å². The zero-order valence-electron chi connectivity index (χ0n) is 9.03. The Bertz CT molecular complexity index is 375.